The van der Waals surface area contributed by atoms with Crippen LogP contribution in [-0.2, 0) is 4.79 Å². The summed E-state index contributed by atoms with van der Waals surface area (Å²) >= 11 is 5.95. The molecule has 1 amide bonds. The van der Waals surface area contributed by atoms with Crippen molar-refractivity contribution in [1.29, 1.82) is 0 Å². The highest BCUT2D eigenvalue weighted by Crippen LogP contribution is 2.23. The van der Waals surface area contributed by atoms with Crippen LogP contribution in [0.3, 0.4) is 0 Å². The zero-order valence-electron chi connectivity index (χ0n) is 11.4. The monoisotopic (exact) mass is 289 g/mol. The zero-order chi connectivity index (χ0) is 14.5. The molecule has 104 valence electrons. The van der Waals surface area contributed by atoms with E-state index in [2.05, 4.69) is 5.32 Å². The van der Waals surface area contributed by atoms with E-state index in [1.165, 1.54) is 5.56 Å². The molecule has 2 aromatic rings. The SMILES string of the molecule is Cc1ccc(NC(=O)COc2ccccc2Cl)cc1C. The van der Waals surface area contributed by atoms with Gasteiger partial charge in [0.05, 0.1) is 5.02 Å². The van der Waals surface area contributed by atoms with E-state index in [1.54, 1.807) is 12.1 Å². The minimum absolute atomic E-state index is 0.0728. The number of aryl methyl sites for hydroxylation is 2. The van der Waals surface area contributed by atoms with Crippen molar-refractivity contribution in [2.45, 2.75) is 13.8 Å². The molecule has 1 N–H and O–H groups in total. The van der Waals surface area contributed by atoms with E-state index in [4.69, 9.17) is 16.3 Å². The van der Waals surface area contributed by atoms with E-state index < -0.39 is 0 Å². The number of nitrogens with one attached hydrogen (secondary N) is 1. The molecule has 0 spiro atoms. The van der Waals surface area contributed by atoms with Gasteiger partial charge in [0.2, 0.25) is 0 Å². The molecule has 0 saturated heterocycles. The van der Waals surface area contributed by atoms with Crippen molar-refractivity contribution >= 4 is 23.2 Å². The Morgan fingerprint density at radius 2 is 1.90 bits per heavy atom. The van der Waals surface area contributed by atoms with Crippen LogP contribution in [0, 0.1) is 13.8 Å². The fourth-order valence-electron chi connectivity index (χ4n) is 1.72. The molecule has 2 aromatic carbocycles. The van der Waals surface area contributed by atoms with Gasteiger partial charge in [0, 0.05) is 5.69 Å². The van der Waals surface area contributed by atoms with Crippen LogP contribution >= 0.6 is 11.6 Å². The highest BCUT2D eigenvalue weighted by atomic mass is 35.5. The van der Waals surface area contributed by atoms with Gasteiger partial charge in [-0.1, -0.05) is 29.8 Å². The molecule has 0 saturated carbocycles. The molecular weight excluding hydrogens is 274 g/mol. The number of hydrogen-bond donors (Lipinski definition) is 1. The van der Waals surface area contributed by atoms with Crippen LogP contribution in [0.1, 0.15) is 11.1 Å². The summed E-state index contributed by atoms with van der Waals surface area (Å²) in [5.41, 5.74) is 3.09. The second-order valence-corrected chi connectivity index (χ2v) is 4.97. The van der Waals surface area contributed by atoms with Crippen molar-refractivity contribution in [3.63, 3.8) is 0 Å². The van der Waals surface area contributed by atoms with Crippen LogP contribution < -0.4 is 10.1 Å². The van der Waals surface area contributed by atoms with Crippen molar-refractivity contribution in [2.24, 2.45) is 0 Å². The van der Waals surface area contributed by atoms with Crippen LogP contribution in [-0.4, -0.2) is 12.5 Å². The lowest BCUT2D eigenvalue weighted by Crippen LogP contribution is -2.20. The van der Waals surface area contributed by atoms with Gasteiger partial charge >= 0.3 is 0 Å². The topological polar surface area (TPSA) is 38.3 Å². The van der Waals surface area contributed by atoms with Crippen molar-refractivity contribution in [1.82, 2.24) is 0 Å². The standard InChI is InChI=1S/C16H16ClNO2/c1-11-7-8-13(9-12(11)2)18-16(19)10-20-15-6-4-3-5-14(15)17/h3-9H,10H2,1-2H3,(H,18,19). The van der Waals surface area contributed by atoms with Crippen LogP contribution in [0.25, 0.3) is 0 Å². The number of halogens is 1. The first kappa shape index (κ1) is 14.4. The Labute approximate surface area is 123 Å². The number of carbonyl (C=O) groups is 1. The third-order valence-corrected chi connectivity index (χ3v) is 3.30. The summed E-state index contributed by atoms with van der Waals surface area (Å²) in [6.45, 7) is 3.96. The Kier molecular flexibility index (Phi) is 4.64. The summed E-state index contributed by atoms with van der Waals surface area (Å²) in [6.07, 6.45) is 0. The smallest absolute Gasteiger partial charge is 0.262 e. The number of anilines is 1. The normalized spacial score (nSPS) is 10.2. The molecule has 0 aliphatic heterocycles. The van der Waals surface area contributed by atoms with Crippen LogP contribution in [0.2, 0.25) is 5.02 Å². The maximum atomic E-state index is 11.8. The lowest BCUT2D eigenvalue weighted by atomic mass is 10.1. The second-order valence-electron chi connectivity index (χ2n) is 4.57. The zero-order valence-corrected chi connectivity index (χ0v) is 12.2. The molecule has 3 nitrogen and oxygen atoms in total. The molecule has 0 atom stereocenters. The Morgan fingerprint density at radius 1 is 1.15 bits per heavy atom. The number of amides is 1. The highest BCUT2D eigenvalue weighted by Gasteiger charge is 2.06. The van der Waals surface area contributed by atoms with E-state index in [9.17, 15) is 4.79 Å². The van der Waals surface area contributed by atoms with E-state index >= 15 is 0 Å². The number of benzene rings is 2. The molecule has 4 heteroatoms. The minimum Gasteiger partial charge on any atom is -0.482 e. The number of hydrogen-bond acceptors (Lipinski definition) is 2. The third kappa shape index (κ3) is 3.75. The van der Waals surface area contributed by atoms with Gasteiger partial charge in [-0.2, -0.15) is 0 Å². The molecule has 0 heterocycles. The lowest BCUT2D eigenvalue weighted by molar-refractivity contribution is -0.118. The molecule has 0 aliphatic rings. The maximum absolute atomic E-state index is 11.8. The van der Waals surface area contributed by atoms with E-state index in [-0.39, 0.29) is 12.5 Å². The van der Waals surface area contributed by atoms with E-state index in [0.717, 1.165) is 11.3 Å². The molecule has 20 heavy (non-hydrogen) atoms. The van der Waals surface area contributed by atoms with Gasteiger partial charge in [0.15, 0.2) is 6.61 Å². The molecule has 2 rings (SSSR count). The van der Waals surface area contributed by atoms with E-state index in [0.29, 0.717) is 10.8 Å². The fourth-order valence-corrected chi connectivity index (χ4v) is 1.91. The quantitative estimate of drug-likeness (QED) is 0.925. The van der Waals surface area contributed by atoms with Gasteiger partial charge in [-0.3, -0.25) is 4.79 Å². The molecule has 0 radical (unpaired) electrons. The predicted octanol–water partition coefficient (Wildman–Crippen LogP) is 3.97. The van der Waals surface area contributed by atoms with Gasteiger partial charge in [-0.15, -0.1) is 0 Å². The first-order valence-electron chi connectivity index (χ1n) is 6.30. The highest BCUT2D eigenvalue weighted by molar-refractivity contribution is 6.32. The van der Waals surface area contributed by atoms with Crippen molar-refractivity contribution < 1.29 is 9.53 Å². The van der Waals surface area contributed by atoms with Crippen molar-refractivity contribution in [3.8, 4) is 5.75 Å². The summed E-state index contributed by atoms with van der Waals surface area (Å²) in [5.74, 6) is 0.289. The van der Waals surface area contributed by atoms with Gasteiger partial charge < -0.3 is 10.1 Å². The van der Waals surface area contributed by atoms with Gasteiger partial charge in [-0.05, 0) is 49.2 Å². The first-order valence-corrected chi connectivity index (χ1v) is 6.68. The maximum Gasteiger partial charge on any atom is 0.262 e. The van der Waals surface area contributed by atoms with Crippen LogP contribution in [0.4, 0.5) is 5.69 Å². The molecule has 0 bridgehead atoms. The third-order valence-electron chi connectivity index (χ3n) is 2.99. The summed E-state index contributed by atoms with van der Waals surface area (Å²) < 4.78 is 5.38. The van der Waals surface area contributed by atoms with Gasteiger partial charge in [-0.25, -0.2) is 0 Å². The van der Waals surface area contributed by atoms with E-state index in [1.807, 2.05) is 44.2 Å². The Hall–Kier alpha value is -2.00. The number of para-hydroxylation sites is 1. The minimum atomic E-state index is -0.215. The molecule has 0 aromatic heterocycles. The molecule has 0 unspecified atom stereocenters. The van der Waals surface area contributed by atoms with Crippen molar-refractivity contribution in [3.05, 3.63) is 58.6 Å². The van der Waals surface area contributed by atoms with Crippen LogP contribution in [0.5, 0.6) is 5.75 Å². The largest absolute Gasteiger partial charge is 0.482 e. The lowest BCUT2D eigenvalue weighted by Gasteiger charge is -2.09. The first-order chi connectivity index (χ1) is 9.56. The second kappa shape index (κ2) is 6.44. The van der Waals surface area contributed by atoms with Gasteiger partial charge in [0.25, 0.3) is 5.91 Å². The average molecular weight is 290 g/mol. The number of rotatable bonds is 4. The predicted molar refractivity (Wildman–Crippen MR) is 81.5 cm³/mol. The summed E-state index contributed by atoms with van der Waals surface area (Å²) in [5, 5.41) is 3.28. The summed E-state index contributed by atoms with van der Waals surface area (Å²) in [7, 11) is 0. The Bertz CT molecular complexity index is 626. The summed E-state index contributed by atoms with van der Waals surface area (Å²) in [4.78, 5) is 11.8. The molecule has 0 fully saturated rings. The van der Waals surface area contributed by atoms with Gasteiger partial charge in [0.1, 0.15) is 5.75 Å². The molecule has 0 aliphatic carbocycles. The summed E-state index contributed by atoms with van der Waals surface area (Å²) in [6, 6.07) is 12.8. The molecular formula is C16H16ClNO2. The Balaban J connectivity index is 1.93. The Morgan fingerprint density at radius 3 is 2.60 bits per heavy atom. The fraction of sp³-hybridized carbons (Fsp3) is 0.188. The average Bonchev–Trinajstić information content (AvgIpc) is 2.42. The number of carbonyl (C=O) groups excluding carboxylic acids is 1. The van der Waals surface area contributed by atoms with Crippen molar-refractivity contribution in [2.75, 3.05) is 11.9 Å². The number of ether oxygens (including phenoxy) is 1. The van der Waals surface area contributed by atoms with Crippen LogP contribution in [0.15, 0.2) is 42.5 Å².